The molecule has 0 aliphatic carbocycles. The van der Waals surface area contributed by atoms with Gasteiger partial charge in [-0.25, -0.2) is 0 Å². The third-order valence-corrected chi connectivity index (χ3v) is 5.77. The second-order valence-electron chi connectivity index (χ2n) is 7.94. The molecule has 174 valence electrons. The molecule has 8 heteroatoms. The van der Waals surface area contributed by atoms with Gasteiger partial charge in [-0.2, -0.15) is 13.2 Å². The van der Waals surface area contributed by atoms with Gasteiger partial charge < -0.3 is 14.4 Å². The van der Waals surface area contributed by atoms with E-state index in [2.05, 4.69) is 4.90 Å². The van der Waals surface area contributed by atoms with Crippen molar-refractivity contribution >= 4 is 16.7 Å². The second-order valence-corrected chi connectivity index (χ2v) is 7.94. The summed E-state index contributed by atoms with van der Waals surface area (Å²) in [6, 6.07) is 15.4. The number of fused-ring (bicyclic) bond motifs is 1. The van der Waals surface area contributed by atoms with Crippen molar-refractivity contribution in [2.75, 3.05) is 46.4 Å². The fourth-order valence-electron chi connectivity index (χ4n) is 3.89. The molecule has 1 fully saturated rings. The number of hydrogen-bond acceptors (Lipinski definition) is 4. The summed E-state index contributed by atoms with van der Waals surface area (Å²) in [7, 11) is 1.68. The van der Waals surface area contributed by atoms with E-state index in [9.17, 15) is 18.0 Å². The molecule has 0 atom stereocenters. The van der Waals surface area contributed by atoms with E-state index in [0.717, 1.165) is 42.5 Å². The Bertz CT molecular complexity index is 1110. The summed E-state index contributed by atoms with van der Waals surface area (Å²) >= 11 is 0. The number of methoxy groups -OCH3 is 1. The summed E-state index contributed by atoms with van der Waals surface area (Å²) < 4.78 is 49.3. The highest BCUT2D eigenvalue weighted by atomic mass is 19.4. The molecule has 5 nitrogen and oxygen atoms in total. The topological polar surface area (TPSA) is 42.0 Å². The minimum absolute atomic E-state index is 0.0163. The smallest absolute Gasteiger partial charge is 0.416 e. The summed E-state index contributed by atoms with van der Waals surface area (Å²) in [5.41, 5.74) is -0.130. The summed E-state index contributed by atoms with van der Waals surface area (Å²) in [5, 5.41) is 1.60. The zero-order chi connectivity index (χ0) is 23.4. The van der Waals surface area contributed by atoms with Gasteiger partial charge in [-0.1, -0.05) is 12.1 Å². The van der Waals surface area contributed by atoms with Crippen molar-refractivity contribution in [2.45, 2.75) is 6.18 Å². The van der Waals surface area contributed by atoms with Gasteiger partial charge in [0.1, 0.15) is 11.5 Å². The Balaban J connectivity index is 1.47. The highest BCUT2D eigenvalue weighted by Gasteiger charge is 2.30. The monoisotopic (exact) mass is 458 g/mol. The van der Waals surface area contributed by atoms with Crippen molar-refractivity contribution in [3.63, 3.8) is 0 Å². The van der Waals surface area contributed by atoms with Gasteiger partial charge in [-0.05, 0) is 53.9 Å². The van der Waals surface area contributed by atoms with Crippen molar-refractivity contribution < 1.29 is 27.4 Å². The number of hydrogen-bond donors (Lipinski definition) is 0. The Morgan fingerprint density at radius 2 is 1.70 bits per heavy atom. The van der Waals surface area contributed by atoms with E-state index < -0.39 is 11.7 Å². The van der Waals surface area contributed by atoms with Gasteiger partial charge in [0.25, 0.3) is 5.91 Å². The number of nitrogens with zero attached hydrogens (tertiary/aromatic N) is 2. The van der Waals surface area contributed by atoms with Crippen LogP contribution in [0.4, 0.5) is 13.2 Å². The van der Waals surface area contributed by atoms with Gasteiger partial charge in [0.15, 0.2) is 0 Å². The van der Waals surface area contributed by atoms with Crippen LogP contribution in [0.3, 0.4) is 0 Å². The Kier molecular flexibility index (Phi) is 6.85. The van der Waals surface area contributed by atoms with E-state index in [1.807, 2.05) is 23.1 Å². The summed E-state index contributed by atoms with van der Waals surface area (Å²) in [6.07, 6.45) is -4.39. The van der Waals surface area contributed by atoms with Gasteiger partial charge in [0, 0.05) is 50.8 Å². The minimum atomic E-state index is -4.39. The molecule has 3 aromatic rings. The molecule has 1 heterocycles. The molecular formula is C25H25F3N2O3. The minimum Gasteiger partial charge on any atom is -0.457 e. The van der Waals surface area contributed by atoms with E-state index >= 15 is 0 Å². The molecule has 1 aliphatic heterocycles. The third kappa shape index (κ3) is 5.46. The number of alkyl halides is 3. The lowest BCUT2D eigenvalue weighted by Gasteiger charge is -2.34. The van der Waals surface area contributed by atoms with Gasteiger partial charge in [0.2, 0.25) is 0 Å². The molecule has 33 heavy (non-hydrogen) atoms. The molecule has 0 radical (unpaired) electrons. The number of amides is 1. The first-order valence-corrected chi connectivity index (χ1v) is 10.7. The zero-order valence-corrected chi connectivity index (χ0v) is 18.3. The van der Waals surface area contributed by atoms with Crippen molar-refractivity contribution in [3.05, 3.63) is 71.8 Å². The number of ether oxygens (including phenoxy) is 2. The Hall–Kier alpha value is -3.10. The molecule has 0 saturated carbocycles. The number of carbonyl (C=O) groups excluding carboxylic acids is 1. The van der Waals surface area contributed by atoms with E-state index in [1.165, 1.54) is 12.1 Å². The number of benzene rings is 3. The van der Waals surface area contributed by atoms with Gasteiger partial charge in [-0.15, -0.1) is 0 Å². The van der Waals surface area contributed by atoms with Crippen molar-refractivity contribution in [1.29, 1.82) is 0 Å². The maximum atomic E-state index is 13.0. The van der Waals surface area contributed by atoms with Crippen LogP contribution in [0, 0.1) is 0 Å². The number of halogens is 3. The molecular weight excluding hydrogens is 433 g/mol. The SMILES string of the molecule is COCCN1CCN(C(=O)c2ccc3c(Oc4ccc(C(F)(F)F)cc4)cccc3c2)CC1. The molecule has 4 rings (SSSR count). The molecule has 1 aliphatic rings. The van der Waals surface area contributed by atoms with Gasteiger partial charge in [-0.3, -0.25) is 9.69 Å². The maximum absolute atomic E-state index is 13.0. The lowest BCUT2D eigenvalue weighted by Crippen LogP contribution is -2.49. The predicted molar refractivity (Wildman–Crippen MR) is 120 cm³/mol. The van der Waals surface area contributed by atoms with Crippen LogP contribution in [0.15, 0.2) is 60.7 Å². The average molecular weight is 458 g/mol. The molecule has 0 unspecified atom stereocenters. The highest BCUT2D eigenvalue weighted by Crippen LogP contribution is 2.34. The molecule has 1 amide bonds. The van der Waals surface area contributed by atoms with E-state index in [-0.39, 0.29) is 5.91 Å². The zero-order valence-electron chi connectivity index (χ0n) is 18.3. The number of piperazine rings is 1. The van der Waals surface area contributed by atoms with Gasteiger partial charge >= 0.3 is 6.18 Å². The summed E-state index contributed by atoms with van der Waals surface area (Å²) in [6.45, 7) is 4.49. The van der Waals surface area contributed by atoms with Gasteiger partial charge in [0.05, 0.1) is 12.2 Å². The lowest BCUT2D eigenvalue weighted by molar-refractivity contribution is -0.137. The van der Waals surface area contributed by atoms with E-state index in [1.54, 1.807) is 25.3 Å². The quantitative estimate of drug-likeness (QED) is 0.518. The lowest BCUT2D eigenvalue weighted by atomic mass is 10.0. The van der Waals surface area contributed by atoms with Crippen LogP contribution >= 0.6 is 0 Å². The fourth-order valence-corrected chi connectivity index (χ4v) is 3.89. The van der Waals surface area contributed by atoms with Crippen LogP contribution < -0.4 is 4.74 Å². The normalized spacial score (nSPS) is 15.1. The van der Waals surface area contributed by atoms with Crippen molar-refractivity contribution in [2.24, 2.45) is 0 Å². The summed E-state index contributed by atoms with van der Waals surface area (Å²) in [5.74, 6) is 0.803. The molecule has 3 aromatic carbocycles. The van der Waals surface area contributed by atoms with Crippen LogP contribution in [-0.2, 0) is 10.9 Å². The van der Waals surface area contributed by atoms with Crippen LogP contribution in [0.1, 0.15) is 15.9 Å². The van der Waals surface area contributed by atoms with Crippen LogP contribution in [0.5, 0.6) is 11.5 Å². The Morgan fingerprint density at radius 1 is 0.970 bits per heavy atom. The summed E-state index contributed by atoms with van der Waals surface area (Å²) in [4.78, 5) is 17.1. The fraction of sp³-hybridized carbons (Fsp3) is 0.320. The van der Waals surface area contributed by atoms with Crippen LogP contribution in [0.25, 0.3) is 10.8 Å². The third-order valence-electron chi connectivity index (χ3n) is 5.77. The highest BCUT2D eigenvalue weighted by molar-refractivity contribution is 6.00. The maximum Gasteiger partial charge on any atom is 0.416 e. The van der Waals surface area contributed by atoms with Crippen LogP contribution in [-0.4, -0.2) is 62.1 Å². The first-order chi connectivity index (χ1) is 15.8. The van der Waals surface area contributed by atoms with Crippen molar-refractivity contribution in [3.8, 4) is 11.5 Å². The van der Waals surface area contributed by atoms with E-state index in [0.29, 0.717) is 36.8 Å². The molecule has 0 spiro atoms. The largest absolute Gasteiger partial charge is 0.457 e. The number of rotatable bonds is 6. The second kappa shape index (κ2) is 9.80. The first kappa shape index (κ1) is 23.1. The first-order valence-electron chi connectivity index (χ1n) is 10.7. The Morgan fingerprint density at radius 3 is 2.36 bits per heavy atom. The molecule has 0 N–H and O–H groups in total. The standard InChI is InChI=1S/C25H25F3N2O3/c1-32-16-15-29-11-13-30(14-12-29)24(31)19-5-10-22-18(17-19)3-2-4-23(22)33-21-8-6-20(7-9-21)25(26,27)28/h2-10,17H,11-16H2,1H3. The Labute approximate surface area is 190 Å². The van der Waals surface area contributed by atoms with Crippen molar-refractivity contribution in [1.82, 2.24) is 9.80 Å². The molecule has 1 saturated heterocycles. The van der Waals surface area contributed by atoms with E-state index in [4.69, 9.17) is 9.47 Å². The molecule has 0 bridgehead atoms. The average Bonchev–Trinajstić information content (AvgIpc) is 2.82. The number of carbonyl (C=O) groups is 1. The predicted octanol–water partition coefficient (Wildman–Crippen LogP) is 5.06. The van der Waals surface area contributed by atoms with Crippen LogP contribution in [0.2, 0.25) is 0 Å². The molecule has 0 aromatic heterocycles.